The van der Waals surface area contributed by atoms with Crippen LogP contribution < -0.4 is 15.5 Å². The highest BCUT2D eigenvalue weighted by molar-refractivity contribution is 6.33. The number of piperazine rings is 1. The van der Waals surface area contributed by atoms with Gasteiger partial charge in [0.05, 0.1) is 10.6 Å². The molecule has 31 heavy (non-hydrogen) atoms. The Labute approximate surface area is 189 Å². The van der Waals surface area contributed by atoms with Gasteiger partial charge in [-0.15, -0.1) is 0 Å². The van der Waals surface area contributed by atoms with E-state index in [-0.39, 0.29) is 17.7 Å². The maximum absolute atomic E-state index is 13.0. The zero-order valence-electron chi connectivity index (χ0n) is 18.6. The van der Waals surface area contributed by atoms with Crippen molar-refractivity contribution in [2.24, 2.45) is 5.92 Å². The van der Waals surface area contributed by atoms with E-state index in [0.717, 1.165) is 37.4 Å². The van der Waals surface area contributed by atoms with Gasteiger partial charge in [-0.1, -0.05) is 37.6 Å². The lowest BCUT2D eigenvalue weighted by Crippen LogP contribution is -2.47. The third kappa shape index (κ3) is 5.77. The second kappa shape index (κ2) is 10.2. The number of hydrogen-bond donors (Lipinski definition) is 2. The van der Waals surface area contributed by atoms with Crippen LogP contribution in [0.4, 0.5) is 11.4 Å². The summed E-state index contributed by atoms with van der Waals surface area (Å²) in [7, 11) is 2.14. The Bertz CT molecular complexity index is 939. The third-order valence-corrected chi connectivity index (χ3v) is 5.99. The molecule has 1 aliphatic heterocycles. The Kier molecular flexibility index (Phi) is 7.57. The Hall–Kier alpha value is -2.57. The van der Waals surface area contributed by atoms with Crippen molar-refractivity contribution < 1.29 is 9.59 Å². The van der Waals surface area contributed by atoms with Gasteiger partial charge in [-0.2, -0.15) is 0 Å². The summed E-state index contributed by atoms with van der Waals surface area (Å²) >= 11 is 6.13. The van der Waals surface area contributed by atoms with E-state index in [1.807, 2.05) is 26.0 Å². The molecule has 2 aromatic carbocycles. The Morgan fingerprint density at radius 2 is 1.71 bits per heavy atom. The first-order valence-corrected chi connectivity index (χ1v) is 11.0. The topological polar surface area (TPSA) is 64.7 Å². The summed E-state index contributed by atoms with van der Waals surface area (Å²) < 4.78 is 0. The lowest BCUT2D eigenvalue weighted by molar-refractivity contribution is -0.118. The predicted molar refractivity (Wildman–Crippen MR) is 127 cm³/mol. The first-order chi connectivity index (χ1) is 14.8. The van der Waals surface area contributed by atoms with Crippen LogP contribution in [0.2, 0.25) is 5.02 Å². The van der Waals surface area contributed by atoms with Crippen molar-refractivity contribution in [2.45, 2.75) is 26.8 Å². The molecule has 6 nitrogen and oxygen atoms in total. The van der Waals surface area contributed by atoms with E-state index in [4.69, 9.17) is 11.6 Å². The SMILES string of the molecule is Cc1cc(NC(=O)C(NC(=O)c2ccccc2Cl)C(C)C)ccc1N1CCN(C)CC1. The molecule has 1 unspecified atom stereocenters. The number of carbonyl (C=O) groups is 2. The van der Waals surface area contributed by atoms with Crippen LogP contribution in [0.3, 0.4) is 0 Å². The van der Waals surface area contributed by atoms with Gasteiger partial charge in [0.1, 0.15) is 6.04 Å². The lowest BCUT2D eigenvalue weighted by atomic mass is 10.0. The fourth-order valence-electron chi connectivity index (χ4n) is 3.75. The van der Waals surface area contributed by atoms with Gasteiger partial charge in [0.25, 0.3) is 5.91 Å². The van der Waals surface area contributed by atoms with Crippen molar-refractivity contribution in [3.63, 3.8) is 0 Å². The molecule has 0 aliphatic carbocycles. The molecule has 0 bridgehead atoms. The van der Waals surface area contributed by atoms with Crippen LogP contribution in [-0.4, -0.2) is 56.0 Å². The van der Waals surface area contributed by atoms with Gasteiger partial charge in [-0.3, -0.25) is 9.59 Å². The van der Waals surface area contributed by atoms with Crippen molar-refractivity contribution in [1.82, 2.24) is 10.2 Å². The Balaban J connectivity index is 1.68. The van der Waals surface area contributed by atoms with Crippen LogP contribution in [-0.2, 0) is 4.79 Å². The van der Waals surface area contributed by atoms with Gasteiger partial charge in [0.15, 0.2) is 0 Å². The van der Waals surface area contributed by atoms with Gasteiger partial charge < -0.3 is 20.4 Å². The summed E-state index contributed by atoms with van der Waals surface area (Å²) in [6, 6.07) is 12.1. The second-order valence-corrected chi connectivity index (χ2v) is 8.86. The summed E-state index contributed by atoms with van der Waals surface area (Å²) in [5.74, 6) is -0.694. The normalized spacial score (nSPS) is 15.6. The Morgan fingerprint density at radius 1 is 1.03 bits per heavy atom. The molecule has 0 spiro atoms. The van der Waals surface area contributed by atoms with E-state index in [1.54, 1.807) is 24.3 Å². The largest absolute Gasteiger partial charge is 0.369 e. The van der Waals surface area contributed by atoms with Crippen LogP contribution in [0.25, 0.3) is 0 Å². The van der Waals surface area contributed by atoms with E-state index in [0.29, 0.717) is 10.6 Å². The third-order valence-electron chi connectivity index (χ3n) is 5.66. The number of hydrogen-bond acceptors (Lipinski definition) is 4. The van der Waals surface area contributed by atoms with Gasteiger partial charge in [0, 0.05) is 37.6 Å². The van der Waals surface area contributed by atoms with Crippen LogP contribution in [0.15, 0.2) is 42.5 Å². The van der Waals surface area contributed by atoms with Gasteiger partial charge >= 0.3 is 0 Å². The number of rotatable bonds is 6. The molecule has 1 saturated heterocycles. The quantitative estimate of drug-likeness (QED) is 0.714. The number of nitrogens with zero attached hydrogens (tertiary/aromatic N) is 2. The summed E-state index contributed by atoms with van der Waals surface area (Å²) in [6.07, 6.45) is 0. The van der Waals surface area contributed by atoms with Crippen LogP contribution >= 0.6 is 11.6 Å². The molecule has 1 fully saturated rings. The summed E-state index contributed by atoms with van der Waals surface area (Å²) in [5, 5.41) is 6.15. The maximum Gasteiger partial charge on any atom is 0.253 e. The molecule has 2 N–H and O–H groups in total. The van der Waals surface area contributed by atoms with Gasteiger partial charge in [0.2, 0.25) is 5.91 Å². The smallest absolute Gasteiger partial charge is 0.253 e. The number of halogens is 1. The number of nitrogens with one attached hydrogen (secondary N) is 2. The number of carbonyl (C=O) groups excluding carboxylic acids is 2. The van der Waals surface area contributed by atoms with E-state index >= 15 is 0 Å². The van der Waals surface area contributed by atoms with Crippen LogP contribution in [0.1, 0.15) is 29.8 Å². The van der Waals surface area contributed by atoms with Crippen molar-refractivity contribution in [1.29, 1.82) is 0 Å². The number of aryl methyl sites for hydroxylation is 1. The first-order valence-electron chi connectivity index (χ1n) is 10.7. The lowest BCUT2D eigenvalue weighted by Gasteiger charge is -2.35. The predicted octanol–water partition coefficient (Wildman–Crippen LogP) is 3.79. The minimum Gasteiger partial charge on any atom is -0.369 e. The van der Waals surface area contributed by atoms with Crippen LogP contribution in [0.5, 0.6) is 0 Å². The first kappa shape index (κ1) is 23.1. The second-order valence-electron chi connectivity index (χ2n) is 8.46. The van der Waals surface area contributed by atoms with Gasteiger partial charge in [-0.05, 0) is 55.8 Å². The zero-order chi connectivity index (χ0) is 22.5. The zero-order valence-corrected chi connectivity index (χ0v) is 19.4. The molecule has 0 aromatic heterocycles. The Morgan fingerprint density at radius 3 is 2.32 bits per heavy atom. The molecule has 1 aliphatic rings. The summed E-state index contributed by atoms with van der Waals surface area (Å²) in [5.41, 5.74) is 3.38. The fourth-order valence-corrected chi connectivity index (χ4v) is 3.98. The molecule has 1 atom stereocenters. The number of amides is 2. The molecular weight excluding hydrogens is 412 g/mol. The average Bonchev–Trinajstić information content (AvgIpc) is 2.73. The summed E-state index contributed by atoms with van der Waals surface area (Å²) in [4.78, 5) is 30.3. The van der Waals surface area contributed by atoms with Crippen molar-refractivity contribution in [2.75, 3.05) is 43.4 Å². The van der Waals surface area contributed by atoms with E-state index in [1.165, 1.54) is 5.69 Å². The van der Waals surface area contributed by atoms with E-state index in [9.17, 15) is 9.59 Å². The molecule has 7 heteroatoms. The molecule has 3 rings (SSSR count). The van der Waals surface area contributed by atoms with Gasteiger partial charge in [-0.25, -0.2) is 0 Å². The van der Waals surface area contributed by atoms with Crippen molar-refractivity contribution in [3.8, 4) is 0 Å². The van der Waals surface area contributed by atoms with Crippen molar-refractivity contribution in [3.05, 3.63) is 58.6 Å². The standard InChI is InChI=1S/C24H31ClN4O2/c1-16(2)22(27-23(30)19-7-5-6-8-20(19)25)24(31)26-18-9-10-21(17(3)15-18)29-13-11-28(4)12-14-29/h5-10,15-16,22H,11-14H2,1-4H3,(H,26,31)(H,27,30). The summed E-state index contributed by atoms with van der Waals surface area (Å²) in [6.45, 7) is 9.93. The molecular formula is C24H31ClN4O2. The number of likely N-dealkylation sites (N-methyl/N-ethyl adjacent to an activating group) is 1. The highest BCUT2D eigenvalue weighted by atomic mass is 35.5. The van der Waals surface area contributed by atoms with Crippen molar-refractivity contribution >= 4 is 34.8 Å². The van der Waals surface area contributed by atoms with Crippen LogP contribution in [0, 0.1) is 12.8 Å². The minimum absolute atomic E-state index is 0.0860. The molecule has 1 heterocycles. The number of benzene rings is 2. The molecule has 166 valence electrons. The monoisotopic (exact) mass is 442 g/mol. The van der Waals surface area contributed by atoms with E-state index < -0.39 is 6.04 Å². The van der Waals surface area contributed by atoms with E-state index in [2.05, 4.69) is 40.5 Å². The highest BCUT2D eigenvalue weighted by Gasteiger charge is 2.26. The molecule has 0 saturated carbocycles. The number of anilines is 2. The average molecular weight is 443 g/mol. The fraction of sp³-hybridized carbons (Fsp3) is 0.417. The molecule has 0 radical (unpaired) electrons. The molecule has 2 aromatic rings. The maximum atomic E-state index is 13.0. The minimum atomic E-state index is -0.679. The highest BCUT2D eigenvalue weighted by Crippen LogP contribution is 2.25. The molecule has 2 amide bonds.